The Morgan fingerprint density at radius 1 is 1.57 bits per heavy atom. The second-order valence-electron chi connectivity index (χ2n) is 4.87. The average molecular weight is 199 g/mol. The molecule has 0 heterocycles. The molecule has 0 aromatic rings. The van der Waals surface area contributed by atoms with Gasteiger partial charge in [-0.2, -0.15) is 0 Å². The van der Waals surface area contributed by atoms with Gasteiger partial charge >= 0.3 is 0 Å². The molecule has 2 N–H and O–H groups in total. The summed E-state index contributed by atoms with van der Waals surface area (Å²) in [5.74, 6) is 0.770. The molecule has 0 radical (unpaired) electrons. The Morgan fingerprint density at radius 3 is 2.79 bits per heavy atom. The van der Waals surface area contributed by atoms with E-state index in [0.717, 1.165) is 31.6 Å². The first-order valence-corrected chi connectivity index (χ1v) is 5.95. The third kappa shape index (κ3) is 2.48. The fraction of sp³-hybridized carbons (Fsp3) is 1.00. The van der Waals surface area contributed by atoms with Crippen molar-refractivity contribution >= 4 is 0 Å². The molecule has 1 rings (SSSR count). The quantitative estimate of drug-likeness (QED) is 0.755. The van der Waals surface area contributed by atoms with E-state index in [1.54, 1.807) is 0 Å². The number of nitrogens with two attached hydrogens (primary N) is 1. The van der Waals surface area contributed by atoms with Crippen LogP contribution in [0.5, 0.6) is 0 Å². The van der Waals surface area contributed by atoms with Gasteiger partial charge in [0.05, 0.1) is 5.60 Å². The summed E-state index contributed by atoms with van der Waals surface area (Å²) < 4.78 is 5.74. The van der Waals surface area contributed by atoms with Crippen molar-refractivity contribution in [3.8, 4) is 0 Å². The predicted octanol–water partition coefficient (Wildman–Crippen LogP) is 2.71. The molecule has 1 aliphatic carbocycles. The molecule has 0 aromatic carbocycles. The van der Waals surface area contributed by atoms with Crippen molar-refractivity contribution in [2.45, 2.75) is 64.0 Å². The fourth-order valence-corrected chi connectivity index (χ4v) is 2.79. The summed E-state index contributed by atoms with van der Waals surface area (Å²) in [6, 6.07) is 0.222. The van der Waals surface area contributed by atoms with Crippen LogP contribution in [0.15, 0.2) is 0 Å². The Labute approximate surface area is 88.2 Å². The first-order valence-electron chi connectivity index (χ1n) is 5.95. The van der Waals surface area contributed by atoms with Crippen LogP contribution in [0.25, 0.3) is 0 Å². The molecule has 1 fully saturated rings. The summed E-state index contributed by atoms with van der Waals surface area (Å²) in [6.07, 6.45) is 7.14. The molecule has 1 saturated carbocycles. The number of hydrogen-bond donors (Lipinski definition) is 1. The van der Waals surface area contributed by atoms with E-state index in [2.05, 4.69) is 13.8 Å². The van der Waals surface area contributed by atoms with Gasteiger partial charge in [-0.15, -0.1) is 0 Å². The maximum atomic E-state index is 6.24. The third-order valence-electron chi connectivity index (χ3n) is 3.67. The van der Waals surface area contributed by atoms with Crippen molar-refractivity contribution in [1.82, 2.24) is 0 Å². The van der Waals surface area contributed by atoms with Gasteiger partial charge < -0.3 is 10.5 Å². The lowest BCUT2D eigenvalue weighted by molar-refractivity contribution is -0.0723. The summed E-state index contributed by atoms with van der Waals surface area (Å²) in [5, 5.41) is 0. The Hall–Kier alpha value is -0.0800. The van der Waals surface area contributed by atoms with Crippen molar-refractivity contribution in [2.24, 2.45) is 11.7 Å². The van der Waals surface area contributed by atoms with E-state index < -0.39 is 0 Å². The Balaban J connectivity index is 2.63. The van der Waals surface area contributed by atoms with Crippen LogP contribution >= 0.6 is 0 Å². The van der Waals surface area contributed by atoms with Crippen LogP contribution in [0.1, 0.15) is 52.4 Å². The van der Waals surface area contributed by atoms with Gasteiger partial charge in [-0.25, -0.2) is 0 Å². The second kappa shape index (κ2) is 5.13. The normalized spacial score (nSPS) is 35.6. The van der Waals surface area contributed by atoms with E-state index in [4.69, 9.17) is 10.5 Å². The smallest absolute Gasteiger partial charge is 0.0831 e. The highest BCUT2D eigenvalue weighted by Crippen LogP contribution is 2.37. The zero-order chi connectivity index (χ0) is 10.6. The third-order valence-corrected chi connectivity index (χ3v) is 3.67. The predicted molar refractivity (Wildman–Crippen MR) is 60.3 cm³/mol. The first kappa shape index (κ1) is 12.0. The Kier molecular flexibility index (Phi) is 4.39. The van der Waals surface area contributed by atoms with E-state index in [1.807, 2.05) is 7.11 Å². The molecule has 14 heavy (non-hydrogen) atoms. The van der Waals surface area contributed by atoms with Gasteiger partial charge in [0.1, 0.15) is 0 Å². The lowest BCUT2D eigenvalue weighted by Gasteiger charge is -2.43. The molecule has 84 valence electrons. The molecule has 0 bridgehead atoms. The van der Waals surface area contributed by atoms with E-state index >= 15 is 0 Å². The van der Waals surface area contributed by atoms with Crippen LogP contribution in [0.3, 0.4) is 0 Å². The standard InChI is InChI=1S/C12H25NO/c1-4-6-11(13)12(14-3)8-5-7-10(2)9-12/h10-11H,4-9,13H2,1-3H3. The molecule has 0 aromatic heterocycles. The summed E-state index contributed by atoms with van der Waals surface area (Å²) in [7, 11) is 1.83. The number of methoxy groups -OCH3 is 1. The molecule has 3 unspecified atom stereocenters. The molecular weight excluding hydrogens is 174 g/mol. The zero-order valence-corrected chi connectivity index (χ0v) is 9.88. The van der Waals surface area contributed by atoms with Crippen molar-refractivity contribution in [1.29, 1.82) is 0 Å². The molecule has 0 aliphatic heterocycles. The maximum Gasteiger partial charge on any atom is 0.0831 e. The topological polar surface area (TPSA) is 35.2 Å². The van der Waals surface area contributed by atoms with Crippen molar-refractivity contribution in [3.05, 3.63) is 0 Å². The Morgan fingerprint density at radius 2 is 2.29 bits per heavy atom. The van der Waals surface area contributed by atoms with Crippen LogP contribution in [0, 0.1) is 5.92 Å². The highest BCUT2D eigenvalue weighted by molar-refractivity contribution is 4.94. The number of hydrogen-bond acceptors (Lipinski definition) is 2. The average Bonchev–Trinajstić information content (AvgIpc) is 2.18. The summed E-state index contributed by atoms with van der Waals surface area (Å²) >= 11 is 0. The van der Waals surface area contributed by atoms with Gasteiger partial charge in [0.15, 0.2) is 0 Å². The number of rotatable bonds is 4. The highest BCUT2D eigenvalue weighted by atomic mass is 16.5. The van der Waals surface area contributed by atoms with Gasteiger partial charge in [-0.3, -0.25) is 0 Å². The van der Waals surface area contributed by atoms with Crippen LogP contribution in [-0.2, 0) is 4.74 Å². The van der Waals surface area contributed by atoms with Crippen molar-refractivity contribution < 1.29 is 4.74 Å². The van der Waals surface area contributed by atoms with Gasteiger partial charge in [0.25, 0.3) is 0 Å². The van der Waals surface area contributed by atoms with E-state index in [1.165, 1.54) is 12.8 Å². The summed E-state index contributed by atoms with van der Waals surface area (Å²) in [6.45, 7) is 4.50. The number of ether oxygens (including phenoxy) is 1. The van der Waals surface area contributed by atoms with Gasteiger partial charge in [0, 0.05) is 13.2 Å². The van der Waals surface area contributed by atoms with E-state index in [9.17, 15) is 0 Å². The molecule has 0 spiro atoms. The fourth-order valence-electron chi connectivity index (χ4n) is 2.79. The van der Waals surface area contributed by atoms with E-state index in [-0.39, 0.29) is 11.6 Å². The molecule has 2 heteroatoms. The minimum atomic E-state index is -0.0202. The van der Waals surface area contributed by atoms with Crippen LogP contribution in [-0.4, -0.2) is 18.8 Å². The maximum absolute atomic E-state index is 6.24. The van der Waals surface area contributed by atoms with Gasteiger partial charge in [-0.1, -0.05) is 33.1 Å². The second-order valence-corrected chi connectivity index (χ2v) is 4.87. The largest absolute Gasteiger partial charge is 0.377 e. The lowest BCUT2D eigenvalue weighted by atomic mass is 9.74. The minimum Gasteiger partial charge on any atom is -0.377 e. The molecule has 0 saturated heterocycles. The van der Waals surface area contributed by atoms with Crippen molar-refractivity contribution in [3.63, 3.8) is 0 Å². The van der Waals surface area contributed by atoms with Gasteiger partial charge in [0.2, 0.25) is 0 Å². The molecule has 1 aliphatic rings. The minimum absolute atomic E-state index is 0.0202. The SMILES string of the molecule is CCCC(N)C1(OC)CCCC(C)C1. The highest BCUT2D eigenvalue weighted by Gasteiger charge is 2.39. The molecule has 3 atom stereocenters. The monoisotopic (exact) mass is 199 g/mol. The lowest BCUT2D eigenvalue weighted by Crippen LogP contribution is -2.52. The van der Waals surface area contributed by atoms with Crippen LogP contribution in [0.2, 0.25) is 0 Å². The van der Waals surface area contributed by atoms with Crippen LogP contribution < -0.4 is 5.73 Å². The first-order chi connectivity index (χ1) is 6.64. The summed E-state index contributed by atoms with van der Waals surface area (Å²) in [4.78, 5) is 0. The van der Waals surface area contributed by atoms with Crippen LogP contribution in [0.4, 0.5) is 0 Å². The molecule has 2 nitrogen and oxygen atoms in total. The van der Waals surface area contributed by atoms with Gasteiger partial charge in [-0.05, 0) is 25.2 Å². The van der Waals surface area contributed by atoms with E-state index in [0.29, 0.717) is 0 Å². The zero-order valence-electron chi connectivity index (χ0n) is 9.88. The molecular formula is C12H25NO. The molecule has 0 amide bonds. The van der Waals surface area contributed by atoms with Crippen molar-refractivity contribution in [2.75, 3.05) is 7.11 Å². The summed E-state index contributed by atoms with van der Waals surface area (Å²) in [5.41, 5.74) is 6.22. The Bertz CT molecular complexity index is 172.